The number of amidine groups is 1. The van der Waals surface area contributed by atoms with Gasteiger partial charge >= 0.3 is 0 Å². The van der Waals surface area contributed by atoms with Crippen molar-refractivity contribution in [2.24, 2.45) is 4.99 Å². The third kappa shape index (κ3) is 3.50. The van der Waals surface area contributed by atoms with Crippen molar-refractivity contribution in [1.29, 1.82) is 0 Å². The Labute approximate surface area is 160 Å². The third-order valence-corrected chi connectivity index (χ3v) is 4.31. The van der Waals surface area contributed by atoms with Gasteiger partial charge in [-0.05, 0) is 72.3 Å². The van der Waals surface area contributed by atoms with Crippen molar-refractivity contribution in [1.82, 2.24) is 4.98 Å². The fraction of sp³-hybridized carbons (Fsp3) is 0. The molecule has 2 aromatic carbocycles. The van der Waals surface area contributed by atoms with Crippen LogP contribution >= 0.6 is 11.6 Å². The van der Waals surface area contributed by atoms with Gasteiger partial charge in [0.2, 0.25) is 0 Å². The average molecular weight is 378 g/mol. The molecule has 0 N–H and O–H groups in total. The summed E-state index contributed by atoms with van der Waals surface area (Å²) in [6.45, 7) is 0. The summed E-state index contributed by atoms with van der Waals surface area (Å²) in [4.78, 5) is 23.1. The first-order valence-corrected chi connectivity index (χ1v) is 8.56. The van der Waals surface area contributed by atoms with Crippen LogP contribution in [0.2, 0.25) is 5.02 Å². The predicted octanol–water partition coefficient (Wildman–Crippen LogP) is 4.71. The van der Waals surface area contributed by atoms with Crippen LogP contribution in [0.1, 0.15) is 11.1 Å². The predicted molar refractivity (Wildman–Crippen MR) is 104 cm³/mol. The molecule has 27 heavy (non-hydrogen) atoms. The van der Waals surface area contributed by atoms with E-state index in [1.54, 1.807) is 67.0 Å². The number of aliphatic imine (C=N–C) groups is 1. The van der Waals surface area contributed by atoms with Crippen molar-refractivity contribution in [3.8, 4) is 0 Å². The number of anilines is 1. The molecule has 132 valence electrons. The molecule has 1 aliphatic rings. The Morgan fingerprint density at radius 1 is 0.926 bits per heavy atom. The van der Waals surface area contributed by atoms with Crippen molar-refractivity contribution in [2.45, 2.75) is 0 Å². The van der Waals surface area contributed by atoms with Gasteiger partial charge in [-0.2, -0.15) is 0 Å². The molecule has 0 bridgehead atoms. The zero-order valence-electron chi connectivity index (χ0n) is 14.0. The monoisotopic (exact) mass is 377 g/mol. The Balaban J connectivity index is 1.82. The van der Waals surface area contributed by atoms with Gasteiger partial charge in [0, 0.05) is 23.0 Å². The Morgan fingerprint density at radius 2 is 1.59 bits per heavy atom. The number of hydrogen-bond acceptors (Lipinski definition) is 3. The number of carbonyl (C=O) groups is 1. The van der Waals surface area contributed by atoms with E-state index >= 15 is 0 Å². The number of rotatable bonds is 3. The van der Waals surface area contributed by atoms with Crippen LogP contribution in [-0.4, -0.2) is 16.7 Å². The zero-order chi connectivity index (χ0) is 18.8. The van der Waals surface area contributed by atoms with Crippen LogP contribution in [-0.2, 0) is 4.79 Å². The maximum atomic E-state index is 13.3. The average Bonchev–Trinajstić information content (AvgIpc) is 3.00. The zero-order valence-corrected chi connectivity index (χ0v) is 14.8. The SMILES string of the molecule is O=C1/C(=C\c2ccncc2)N=C(c2ccc(F)cc2)N1c1ccc(Cl)cc1. The standard InChI is InChI=1S/C21H13ClFN3O/c22-16-3-7-18(8-4-16)26-20(15-1-5-17(23)6-2-15)25-19(21(26)27)13-14-9-11-24-12-10-14/h1-13H/b19-13+. The van der Waals surface area contributed by atoms with Gasteiger partial charge in [-0.15, -0.1) is 0 Å². The smallest absolute Gasteiger partial charge is 0.266 e. The van der Waals surface area contributed by atoms with E-state index in [9.17, 15) is 9.18 Å². The maximum Gasteiger partial charge on any atom is 0.282 e. The van der Waals surface area contributed by atoms with Gasteiger partial charge in [0.15, 0.2) is 0 Å². The Hall–Kier alpha value is -3.31. The molecule has 4 rings (SSSR count). The van der Waals surface area contributed by atoms with E-state index in [2.05, 4.69) is 9.98 Å². The van der Waals surface area contributed by atoms with Gasteiger partial charge in [-0.25, -0.2) is 9.38 Å². The van der Waals surface area contributed by atoms with E-state index in [-0.39, 0.29) is 17.4 Å². The topological polar surface area (TPSA) is 45.6 Å². The Bertz CT molecular complexity index is 1050. The molecule has 3 aromatic rings. The van der Waals surface area contributed by atoms with Crippen LogP contribution in [0.15, 0.2) is 83.7 Å². The summed E-state index contributed by atoms with van der Waals surface area (Å²) >= 11 is 5.97. The Morgan fingerprint density at radius 3 is 2.26 bits per heavy atom. The quantitative estimate of drug-likeness (QED) is 0.620. The molecular weight excluding hydrogens is 365 g/mol. The number of amides is 1. The molecule has 0 saturated carbocycles. The summed E-state index contributed by atoms with van der Waals surface area (Å²) in [5.74, 6) is -0.189. The van der Waals surface area contributed by atoms with Crippen molar-refractivity contribution in [3.05, 3.63) is 101 Å². The van der Waals surface area contributed by atoms with Crippen LogP contribution in [0.5, 0.6) is 0 Å². The van der Waals surface area contributed by atoms with Gasteiger partial charge < -0.3 is 0 Å². The van der Waals surface area contributed by atoms with Crippen LogP contribution in [0, 0.1) is 5.82 Å². The minimum atomic E-state index is -0.353. The maximum absolute atomic E-state index is 13.3. The molecule has 0 radical (unpaired) electrons. The summed E-state index contributed by atoms with van der Waals surface area (Å²) in [5, 5.41) is 0.568. The highest BCUT2D eigenvalue weighted by atomic mass is 35.5. The number of carbonyl (C=O) groups excluding carboxylic acids is 1. The van der Waals surface area contributed by atoms with Crippen LogP contribution in [0.25, 0.3) is 6.08 Å². The molecule has 0 atom stereocenters. The molecule has 0 aliphatic carbocycles. The molecule has 1 aromatic heterocycles. The normalized spacial score (nSPS) is 15.3. The van der Waals surface area contributed by atoms with Crippen molar-refractivity contribution < 1.29 is 9.18 Å². The van der Waals surface area contributed by atoms with Gasteiger partial charge in [0.1, 0.15) is 17.3 Å². The molecule has 0 spiro atoms. The first kappa shape index (κ1) is 17.1. The van der Waals surface area contributed by atoms with E-state index in [0.717, 1.165) is 5.56 Å². The second-order valence-corrected chi connectivity index (χ2v) is 6.31. The first-order valence-electron chi connectivity index (χ1n) is 8.18. The van der Waals surface area contributed by atoms with Gasteiger partial charge in [0.25, 0.3) is 5.91 Å². The molecule has 6 heteroatoms. The number of halogens is 2. The lowest BCUT2D eigenvalue weighted by Gasteiger charge is -2.18. The van der Waals surface area contributed by atoms with E-state index < -0.39 is 0 Å². The van der Waals surface area contributed by atoms with Crippen LogP contribution in [0.4, 0.5) is 10.1 Å². The highest BCUT2D eigenvalue weighted by Gasteiger charge is 2.32. The van der Waals surface area contributed by atoms with Gasteiger partial charge in [0.05, 0.1) is 5.69 Å². The lowest BCUT2D eigenvalue weighted by Crippen LogP contribution is -2.32. The summed E-state index contributed by atoms with van der Waals surface area (Å²) in [5.41, 5.74) is 2.37. The molecular formula is C21H13ClFN3O. The number of aromatic nitrogens is 1. The number of nitrogens with zero attached hydrogens (tertiary/aromatic N) is 3. The van der Waals surface area contributed by atoms with Gasteiger partial charge in [-0.1, -0.05) is 11.6 Å². The summed E-state index contributed by atoms with van der Waals surface area (Å²) in [6.07, 6.45) is 4.99. The lowest BCUT2D eigenvalue weighted by molar-refractivity contribution is -0.113. The fourth-order valence-corrected chi connectivity index (χ4v) is 2.88. The van der Waals surface area contributed by atoms with Crippen LogP contribution < -0.4 is 4.90 Å². The van der Waals surface area contributed by atoms with E-state index in [1.165, 1.54) is 17.0 Å². The largest absolute Gasteiger partial charge is 0.282 e. The highest BCUT2D eigenvalue weighted by molar-refractivity contribution is 6.33. The number of benzene rings is 2. The van der Waals surface area contributed by atoms with E-state index in [4.69, 9.17) is 11.6 Å². The molecule has 0 unspecified atom stereocenters. The van der Waals surface area contributed by atoms with E-state index in [0.29, 0.717) is 22.1 Å². The summed E-state index contributed by atoms with van der Waals surface area (Å²) < 4.78 is 13.3. The van der Waals surface area contributed by atoms with Crippen molar-refractivity contribution in [3.63, 3.8) is 0 Å². The van der Waals surface area contributed by atoms with Crippen molar-refractivity contribution in [2.75, 3.05) is 4.90 Å². The molecule has 0 saturated heterocycles. The van der Waals surface area contributed by atoms with E-state index in [1.807, 2.05) is 0 Å². The minimum Gasteiger partial charge on any atom is -0.266 e. The van der Waals surface area contributed by atoms with Crippen LogP contribution in [0.3, 0.4) is 0 Å². The third-order valence-electron chi connectivity index (χ3n) is 4.06. The molecule has 1 aliphatic heterocycles. The van der Waals surface area contributed by atoms with Crippen molar-refractivity contribution >= 4 is 35.1 Å². The second-order valence-electron chi connectivity index (χ2n) is 5.87. The minimum absolute atomic E-state index is 0.270. The first-order chi connectivity index (χ1) is 13.1. The lowest BCUT2D eigenvalue weighted by atomic mass is 10.1. The Kier molecular flexibility index (Phi) is 4.52. The molecule has 2 heterocycles. The molecule has 1 amide bonds. The number of hydrogen-bond donors (Lipinski definition) is 0. The molecule has 0 fully saturated rings. The summed E-state index contributed by atoms with van der Waals surface area (Å²) in [7, 11) is 0. The fourth-order valence-electron chi connectivity index (χ4n) is 2.76. The number of pyridine rings is 1. The highest BCUT2D eigenvalue weighted by Crippen LogP contribution is 2.28. The molecule has 4 nitrogen and oxygen atoms in total. The van der Waals surface area contributed by atoms with Gasteiger partial charge in [-0.3, -0.25) is 14.7 Å². The second kappa shape index (κ2) is 7.13. The summed E-state index contributed by atoms with van der Waals surface area (Å²) in [6, 6.07) is 16.4.